The van der Waals surface area contributed by atoms with Crippen molar-refractivity contribution in [2.24, 2.45) is 0 Å². The highest BCUT2D eigenvalue weighted by Crippen LogP contribution is 2.16. The maximum atomic E-state index is 12.0. The lowest BCUT2D eigenvalue weighted by Gasteiger charge is -2.02. The quantitative estimate of drug-likeness (QED) is 0.669. The molecule has 0 bridgehead atoms. The van der Waals surface area contributed by atoms with Crippen LogP contribution in [-0.2, 0) is 6.42 Å². The second-order valence-corrected chi connectivity index (χ2v) is 4.35. The highest BCUT2D eigenvalue weighted by atomic mass is 16.1. The van der Waals surface area contributed by atoms with Gasteiger partial charge >= 0.3 is 0 Å². The van der Waals surface area contributed by atoms with E-state index in [1.807, 2.05) is 36.4 Å². The van der Waals surface area contributed by atoms with Crippen LogP contribution in [0.15, 0.2) is 60.9 Å². The number of carbonyl (C=O) groups is 1. The summed E-state index contributed by atoms with van der Waals surface area (Å²) in [6.07, 6.45) is 3.50. The van der Waals surface area contributed by atoms with Gasteiger partial charge in [0.1, 0.15) is 0 Å². The van der Waals surface area contributed by atoms with Gasteiger partial charge in [-0.15, -0.1) is 0 Å². The van der Waals surface area contributed by atoms with Gasteiger partial charge in [-0.3, -0.25) is 4.79 Å². The van der Waals surface area contributed by atoms with E-state index in [9.17, 15) is 4.79 Å². The number of nitrogens with zero attached hydrogens (tertiary/aromatic N) is 2. The van der Waals surface area contributed by atoms with Gasteiger partial charge in [-0.25, -0.2) is 9.97 Å². The summed E-state index contributed by atoms with van der Waals surface area (Å²) in [5.74, 6) is 0.214. The van der Waals surface area contributed by atoms with E-state index in [0.717, 1.165) is 10.9 Å². The number of Topliss-reactive ketones (excluding diaryl/α,β-unsaturated/α-hetero) is 1. The molecule has 0 aliphatic rings. The number of fused-ring (bicyclic) bond motifs is 1. The largest absolute Gasteiger partial charge is 0.290 e. The van der Waals surface area contributed by atoms with Crippen molar-refractivity contribution in [3.63, 3.8) is 0 Å². The molecule has 0 amide bonds. The van der Waals surface area contributed by atoms with E-state index in [0.29, 0.717) is 6.42 Å². The van der Waals surface area contributed by atoms with Crippen LogP contribution in [0.1, 0.15) is 16.2 Å². The zero-order valence-corrected chi connectivity index (χ0v) is 10.3. The van der Waals surface area contributed by atoms with Crippen LogP contribution in [0.25, 0.3) is 10.8 Å². The average Bonchev–Trinajstić information content (AvgIpc) is 2.48. The first-order chi connectivity index (χ1) is 9.33. The van der Waals surface area contributed by atoms with Crippen molar-refractivity contribution in [1.82, 2.24) is 9.97 Å². The van der Waals surface area contributed by atoms with E-state index >= 15 is 0 Å². The summed E-state index contributed by atoms with van der Waals surface area (Å²) in [5, 5.41) is 2.32. The monoisotopic (exact) mass is 248 g/mol. The van der Waals surface area contributed by atoms with Gasteiger partial charge in [-0.05, 0) is 22.4 Å². The number of rotatable bonds is 3. The molecule has 0 spiro atoms. The summed E-state index contributed by atoms with van der Waals surface area (Å²) < 4.78 is 0. The van der Waals surface area contributed by atoms with E-state index in [1.165, 1.54) is 5.39 Å². The Bertz CT molecular complexity index is 723. The fraction of sp³-hybridized carbons (Fsp3) is 0.0625. The van der Waals surface area contributed by atoms with Gasteiger partial charge in [0.15, 0.2) is 5.82 Å². The molecule has 0 saturated carbocycles. The minimum Gasteiger partial charge on any atom is -0.290 e. The Morgan fingerprint density at radius 2 is 1.63 bits per heavy atom. The third-order valence-electron chi connectivity index (χ3n) is 2.99. The molecular formula is C16H12N2O. The van der Waals surface area contributed by atoms with E-state index in [1.54, 1.807) is 18.5 Å². The Kier molecular flexibility index (Phi) is 3.02. The number of carbonyl (C=O) groups excluding carboxylic acids is 1. The fourth-order valence-electron chi connectivity index (χ4n) is 2.06. The van der Waals surface area contributed by atoms with E-state index in [2.05, 4.69) is 16.0 Å². The highest BCUT2D eigenvalue weighted by Gasteiger charge is 2.09. The molecule has 3 rings (SSSR count). The predicted molar refractivity (Wildman–Crippen MR) is 74.0 cm³/mol. The maximum absolute atomic E-state index is 12.0. The average molecular weight is 248 g/mol. The van der Waals surface area contributed by atoms with Gasteiger partial charge in [0, 0.05) is 18.8 Å². The van der Waals surface area contributed by atoms with Crippen molar-refractivity contribution in [2.75, 3.05) is 0 Å². The second-order valence-electron chi connectivity index (χ2n) is 4.35. The van der Waals surface area contributed by atoms with Crippen LogP contribution >= 0.6 is 0 Å². The molecule has 3 nitrogen and oxygen atoms in total. The highest BCUT2D eigenvalue weighted by molar-refractivity contribution is 5.94. The summed E-state index contributed by atoms with van der Waals surface area (Å²) in [7, 11) is 0. The topological polar surface area (TPSA) is 42.9 Å². The molecule has 0 radical (unpaired) electrons. The molecule has 0 N–H and O–H groups in total. The zero-order chi connectivity index (χ0) is 13.1. The van der Waals surface area contributed by atoms with Crippen molar-refractivity contribution in [3.8, 4) is 0 Å². The molecule has 0 aliphatic heterocycles. The number of ketones is 1. The summed E-state index contributed by atoms with van der Waals surface area (Å²) >= 11 is 0. The Hall–Kier alpha value is -2.55. The van der Waals surface area contributed by atoms with Crippen molar-refractivity contribution >= 4 is 16.6 Å². The van der Waals surface area contributed by atoms with Crippen LogP contribution in [0, 0.1) is 0 Å². The normalized spacial score (nSPS) is 10.5. The van der Waals surface area contributed by atoms with Crippen molar-refractivity contribution in [1.29, 1.82) is 0 Å². The minimum absolute atomic E-state index is 0.0594. The van der Waals surface area contributed by atoms with Crippen LogP contribution in [0.5, 0.6) is 0 Å². The molecule has 92 valence electrons. The molecule has 2 aromatic carbocycles. The number of benzene rings is 2. The third-order valence-corrected chi connectivity index (χ3v) is 2.99. The lowest BCUT2D eigenvalue weighted by Crippen LogP contribution is -2.07. The predicted octanol–water partition coefficient (Wildman–Crippen LogP) is 3.06. The molecule has 19 heavy (non-hydrogen) atoms. The SMILES string of the molecule is O=C(Cc1ccc2ccccc2c1)c1ncccn1. The van der Waals surface area contributed by atoms with Crippen LogP contribution in [-0.4, -0.2) is 15.8 Å². The van der Waals surface area contributed by atoms with Crippen LogP contribution in [0.2, 0.25) is 0 Å². The van der Waals surface area contributed by atoms with Gasteiger partial charge in [-0.1, -0.05) is 42.5 Å². The lowest BCUT2D eigenvalue weighted by molar-refractivity contribution is 0.0983. The first-order valence-corrected chi connectivity index (χ1v) is 6.11. The van der Waals surface area contributed by atoms with Gasteiger partial charge in [0.25, 0.3) is 0 Å². The van der Waals surface area contributed by atoms with Crippen LogP contribution < -0.4 is 0 Å². The molecule has 0 saturated heterocycles. The Labute approximate surface area is 111 Å². The van der Waals surface area contributed by atoms with Gasteiger partial charge in [-0.2, -0.15) is 0 Å². The molecule has 0 unspecified atom stereocenters. The molecule has 0 atom stereocenters. The van der Waals surface area contributed by atoms with E-state index in [-0.39, 0.29) is 11.6 Å². The van der Waals surface area contributed by atoms with Crippen LogP contribution in [0.4, 0.5) is 0 Å². The van der Waals surface area contributed by atoms with Gasteiger partial charge < -0.3 is 0 Å². The smallest absolute Gasteiger partial charge is 0.204 e. The molecule has 0 fully saturated rings. The number of aromatic nitrogens is 2. The lowest BCUT2D eigenvalue weighted by atomic mass is 10.0. The Balaban J connectivity index is 1.87. The molecule has 3 heteroatoms. The summed E-state index contributed by atoms with van der Waals surface area (Å²) in [4.78, 5) is 20.0. The molecule has 1 aromatic heterocycles. The molecular weight excluding hydrogens is 236 g/mol. The zero-order valence-electron chi connectivity index (χ0n) is 10.3. The number of hydrogen-bond acceptors (Lipinski definition) is 3. The first-order valence-electron chi connectivity index (χ1n) is 6.11. The van der Waals surface area contributed by atoms with E-state index in [4.69, 9.17) is 0 Å². The third kappa shape index (κ3) is 2.50. The van der Waals surface area contributed by atoms with Crippen molar-refractivity contribution in [3.05, 3.63) is 72.3 Å². The summed E-state index contributed by atoms with van der Waals surface area (Å²) in [6, 6.07) is 15.8. The number of hydrogen-bond donors (Lipinski definition) is 0. The van der Waals surface area contributed by atoms with Crippen LogP contribution in [0.3, 0.4) is 0 Å². The molecule has 3 aromatic rings. The van der Waals surface area contributed by atoms with Crippen molar-refractivity contribution in [2.45, 2.75) is 6.42 Å². The van der Waals surface area contributed by atoms with Crippen molar-refractivity contribution < 1.29 is 4.79 Å². The summed E-state index contributed by atoms with van der Waals surface area (Å²) in [5.41, 5.74) is 0.983. The Morgan fingerprint density at radius 1 is 0.895 bits per heavy atom. The first kappa shape index (κ1) is 11.5. The summed E-state index contributed by atoms with van der Waals surface area (Å²) in [6.45, 7) is 0. The minimum atomic E-state index is -0.0594. The molecule has 1 heterocycles. The molecule has 0 aliphatic carbocycles. The fourth-order valence-corrected chi connectivity index (χ4v) is 2.06. The van der Waals surface area contributed by atoms with Gasteiger partial charge in [0.2, 0.25) is 5.78 Å². The Morgan fingerprint density at radius 3 is 2.42 bits per heavy atom. The maximum Gasteiger partial charge on any atom is 0.204 e. The van der Waals surface area contributed by atoms with Gasteiger partial charge in [0.05, 0.1) is 0 Å². The standard InChI is InChI=1S/C16H12N2O/c19-15(16-17-8-3-9-18-16)11-12-6-7-13-4-1-2-5-14(13)10-12/h1-10H,11H2. The second kappa shape index (κ2) is 4.98. The van der Waals surface area contributed by atoms with E-state index < -0.39 is 0 Å².